The highest BCUT2D eigenvalue weighted by molar-refractivity contribution is 9.10. The van der Waals surface area contributed by atoms with Crippen LogP contribution in [0.25, 0.3) is 0 Å². The first-order valence-electron chi connectivity index (χ1n) is 5.24. The second kappa shape index (κ2) is 5.61. The van der Waals surface area contributed by atoms with Gasteiger partial charge in [-0.1, -0.05) is 46.1 Å². The lowest BCUT2D eigenvalue weighted by Crippen LogP contribution is -1.96. The van der Waals surface area contributed by atoms with Gasteiger partial charge >= 0.3 is 0 Å². The van der Waals surface area contributed by atoms with Crippen molar-refractivity contribution >= 4 is 21.7 Å². The molecule has 0 heterocycles. The van der Waals surface area contributed by atoms with Gasteiger partial charge in [-0.2, -0.15) is 0 Å². The molecule has 2 rings (SSSR count). The fourth-order valence-electron chi connectivity index (χ4n) is 1.40. The largest absolute Gasteiger partial charge is 0.279 e. The standard InChI is InChI=1S/C15H8BrFO/c16-13-7-3-2-6-12(13)15(18)10-9-11-5-1-4-8-14(11)17/h1-8H. The molecule has 0 N–H and O–H groups in total. The van der Waals surface area contributed by atoms with Gasteiger partial charge in [0, 0.05) is 10.0 Å². The van der Waals surface area contributed by atoms with E-state index < -0.39 is 5.82 Å². The van der Waals surface area contributed by atoms with Crippen LogP contribution in [0.1, 0.15) is 15.9 Å². The Bertz CT molecular complexity index is 653. The van der Waals surface area contributed by atoms with E-state index in [0.29, 0.717) is 10.0 Å². The summed E-state index contributed by atoms with van der Waals surface area (Å²) in [5.74, 6) is 4.21. The van der Waals surface area contributed by atoms with Crippen LogP contribution in [0.3, 0.4) is 0 Å². The van der Waals surface area contributed by atoms with Crippen molar-refractivity contribution in [1.82, 2.24) is 0 Å². The summed E-state index contributed by atoms with van der Waals surface area (Å²) in [6.07, 6.45) is 0. The van der Waals surface area contributed by atoms with Gasteiger partial charge in [0.25, 0.3) is 0 Å². The van der Waals surface area contributed by atoms with Crippen molar-refractivity contribution in [1.29, 1.82) is 0 Å². The van der Waals surface area contributed by atoms with Crippen LogP contribution in [0.5, 0.6) is 0 Å². The first kappa shape index (κ1) is 12.5. The smallest absolute Gasteiger partial charge is 0.237 e. The summed E-state index contributed by atoms with van der Waals surface area (Å²) in [4.78, 5) is 11.8. The van der Waals surface area contributed by atoms with E-state index in [1.54, 1.807) is 30.3 Å². The molecule has 3 heteroatoms. The quantitative estimate of drug-likeness (QED) is 0.578. The molecule has 2 aromatic carbocycles. The Morgan fingerprint density at radius 3 is 2.44 bits per heavy atom. The second-order valence-electron chi connectivity index (χ2n) is 3.54. The molecule has 0 aliphatic rings. The Hall–Kier alpha value is -1.92. The maximum Gasteiger partial charge on any atom is 0.237 e. The maximum absolute atomic E-state index is 13.3. The summed E-state index contributed by atoms with van der Waals surface area (Å²) in [5, 5.41) is 0. The van der Waals surface area contributed by atoms with Crippen LogP contribution in [-0.4, -0.2) is 5.78 Å². The van der Waals surface area contributed by atoms with Crippen LogP contribution in [-0.2, 0) is 0 Å². The van der Waals surface area contributed by atoms with E-state index in [2.05, 4.69) is 27.8 Å². The number of Topliss-reactive ketones (excluding diaryl/α,β-unsaturated/α-hetero) is 1. The van der Waals surface area contributed by atoms with Gasteiger partial charge in [-0.15, -0.1) is 0 Å². The molecule has 18 heavy (non-hydrogen) atoms. The zero-order chi connectivity index (χ0) is 13.0. The van der Waals surface area contributed by atoms with E-state index in [1.165, 1.54) is 12.1 Å². The lowest BCUT2D eigenvalue weighted by molar-refractivity contribution is 0.105. The third-order valence-corrected chi connectivity index (χ3v) is 2.99. The zero-order valence-electron chi connectivity index (χ0n) is 9.28. The minimum absolute atomic E-state index is 0.220. The fraction of sp³-hybridized carbons (Fsp3) is 0. The Morgan fingerprint density at radius 1 is 1.06 bits per heavy atom. The SMILES string of the molecule is O=C(C#Cc1ccccc1F)c1ccccc1Br. The second-order valence-corrected chi connectivity index (χ2v) is 4.39. The van der Waals surface area contributed by atoms with Gasteiger partial charge in [-0.3, -0.25) is 4.79 Å². The summed E-state index contributed by atoms with van der Waals surface area (Å²) in [5.41, 5.74) is 0.694. The van der Waals surface area contributed by atoms with Gasteiger partial charge in [0.2, 0.25) is 5.78 Å². The van der Waals surface area contributed by atoms with Crippen LogP contribution in [0.2, 0.25) is 0 Å². The topological polar surface area (TPSA) is 17.1 Å². The lowest BCUT2D eigenvalue weighted by atomic mass is 10.1. The summed E-state index contributed by atoms with van der Waals surface area (Å²) < 4.78 is 14.0. The number of halogens is 2. The van der Waals surface area contributed by atoms with Crippen molar-refractivity contribution in [3.05, 3.63) is 69.9 Å². The van der Waals surface area contributed by atoms with E-state index in [1.807, 2.05) is 6.07 Å². The summed E-state index contributed by atoms with van der Waals surface area (Å²) in [6.45, 7) is 0. The van der Waals surface area contributed by atoms with Crippen molar-refractivity contribution in [3.8, 4) is 11.8 Å². The van der Waals surface area contributed by atoms with Crippen molar-refractivity contribution in [3.63, 3.8) is 0 Å². The number of ketones is 1. The van der Waals surface area contributed by atoms with Gasteiger partial charge in [0.15, 0.2) is 0 Å². The average Bonchev–Trinajstić information content (AvgIpc) is 2.38. The molecule has 0 saturated heterocycles. The molecule has 0 atom stereocenters. The Kier molecular flexibility index (Phi) is 3.91. The number of rotatable bonds is 1. The minimum atomic E-state index is -0.426. The molecule has 88 valence electrons. The Balaban J connectivity index is 2.29. The normalized spacial score (nSPS) is 9.44. The Labute approximate surface area is 113 Å². The first-order valence-corrected chi connectivity index (χ1v) is 6.03. The maximum atomic E-state index is 13.3. The lowest BCUT2D eigenvalue weighted by Gasteiger charge is -1.96. The molecule has 0 aromatic heterocycles. The predicted molar refractivity (Wildman–Crippen MR) is 71.8 cm³/mol. The highest BCUT2D eigenvalue weighted by atomic mass is 79.9. The van der Waals surface area contributed by atoms with Crippen molar-refractivity contribution in [2.45, 2.75) is 0 Å². The number of carbonyl (C=O) groups excluding carboxylic acids is 1. The Morgan fingerprint density at radius 2 is 1.72 bits per heavy atom. The van der Waals surface area contributed by atoms with E-state index in [-0.39, 0.29) is 11.3 Å². The monoisotopic (exact) mass is 302 g/mol. The van der Waals surface area contributed by atoms with Crippen LogP contribution in [0, 0.1) is 17.7 Å². The van der Waals surface area contributed by atoms with E-state index >= 15 is 0 Å². The zero-order valence-corrected chi connectivity index (χ0v) is 10.9. The molecule has 1 nitrogen and oxygen atoms in total. The summed E-state index contributed by atoms with van der Waals surface area (Å²) in [6, 6.07) is 13.1. The third kappa shape index (κ3) is 2.85. The van der Waals surface area contributed by atoms with Crippen LogP contribution < -0.4 is 0 Å². The van der Waals surface area contributed by atoms with Crippen LogP contribution in [0.4, 0.5) is 4.39 Å². The van der Waals surface area contributed by atoms with E-state index in [0.717, 1.165) is 0 Å². The molecule has 0 amide bonds. The predicted octanol–water partition coefficient (Wildman–Crippen LogP) is 3.82. The van der Waals surface area contributed by atoms with Crippen molar-refractivity contribution in [2.24, 2.45) is 0 Å². The fourth-order valence-corrected chi connectivity index (χ4v) is 1.86. The molecular weight excluding hydrogens is 295 g/mol. The summed E-state index contributed by atoms with van der Waals surface area (Å²) in [7, 11) is 0. The molecule has 0 bridgehead atoms. The number of hydrogen-bond donors (Lipinski definition) is 0. The number of carbonyl (C=O) groups is 1. The van der Waals surface area contributed by atoms with Crippen LogP contribution >= 0.6 is 15.9 Å². The van der Waals surface area contributed by atoms with Gasteiger partial charge in [0.1, 0.15) is 5.82 Å². The summed E-state index contributed by atoms with van der Waals surface area (Å²) >= 11 is 3.27. The van der Waals surface area contributed by atoms with Crippen LogP contribution in [0.15, 0.2) is 53.0 Å². The van der Waals surface area contributed by atoms with Crippen molar-refractivity contribution < 1.29 is 9.18 Å². The first-order chi connectivity index (χ1) is 8.68. The molecule has 0 unspecified atom stereocenters. The van der Waals surface area contributed by atoms with Gasteiger partial charge in [0.05, 0.1) is 5.56 Å². The van der Waals surface area contributed by atoms with Gasteiger partial charge in [-0.25, -0.2) is 4.39 Å². The number of benzene rings is 2. The molecule has 0 aliphatic heterocycles. The molecular formula is C15H8BrFO. The van der Waals surface area contributed by atoms with Gasteiger partial charge < -0.3 is 0 Å². The van der Waals surface area contributed by atoms with Gasteiger partial charge in [-0.05, 0) is 30.2 Å². The van der Waals surface area contributed by atoms with E-state index in [4.69, 9.17) is 0 Å². The molecule has 0 radical (unpaired) electrons. The number of hydrogen-bond acceptors (Lipinski definition) is 1. The molecule has 2 aromatic rings. The van der Waals surface area contributed by atoms with Crippen molar-refractivity contribution in [2.75, 3.05) is 0 Å². The molecule has 0 fully saturated rings. The minimum Gasteiger partial charge on any atom is -0.279 e. The molecule has 0 aliphatic carbocycles. The highest BCUT2D eigenvalue weighted by Crippen LogP contribution is 2.16. The average molecular weight is 303 g/mol. The third-order valence-electron chi connectivity index (χ3n) is 2.30. The highest BCUT2D eigenvalue weighted by Gasteiger charge is 2.05. The van der Waals surface area contributed by atoms with E-state index in [9.17, 15) is 9.18 Å². The molecule has 0 saturated carbocycles. The molecule has 0 spiro atoms.